The van der Waals surface area contributed by atoms with Crippen molar-refractivity contribution in [2.24, 2.45) is 7.05 Å². The number of halogens is 2. The van der Waals surface area contributed by atoms with E-state index in [2.05, 4.69) is 26.2 Å². The van der Waals surface area contributed by atoms with E-state index in [1.165, 1.54) is 23.9 Å². The highest BCUT2D eigenvalue weighted by atomic mass is 79.9. The average Bonchev–Trinajstić information content (AvgIpc) is 2.68. The van der Waals surface area contributed by atoms with Crippen molar-refractivity contribution in [1.29, 1.82) is 0 Å². The van der Waals surface area contributed by atoms with Gasteiger partial charge in [-0.25, -0.2) is 9.07 Å². The lowest BCUT2D eigenvalue weighted by Gasteiger charge is -2.05. The molecule has 2 rings (SSSR count). The number of methoxy groups -OCH3 is 1. The smallest absolute Gasteiger partial charge is 0.216 e. The summed E-state index contributed by atoms with van der Waals surface area (Å²) in [6.45, 7) is 0. The first-order valence-electron chi connectivity index (χ1n) is 4.98. The number of aromatic nitrogens is 3. The Hall–Kier alpha value is -1.76. The van der Waals surface area contributed by atoms with Crippen molar-refractivity contribution >= 4 is 21.7 Å². The zero-order chi connectivity index (χ0) is 13.3. The van der Waals surface area contributed by atoms with Crippen LogP contribution in [0.1, 0.15) is 16.1 Å². The molecule has 94 valence electrons. The summed E-state index contributed by atoms with van der Waals surface area (Å²) in [6.07, 6.45) is 0. The number of rotatable bonds is 3. The van der Waals surface area contributed by atoms with Gasteiger partial charge in [-0.2, -0.15) is 0 Å². The van der Waals surface area contributed by atoms with Crippen molar-refractivity contribution in [2.45, 2.75) is 0 Å². The Morgan fingerprint density at radius 2 is 2.22 bits per heavy atom. The predicted octanol–water partition coefficient (Wildman–Crippen LogP) is 1.96. The van der Waals surface area contributed by atoms with Crippen LogP contribution in [0, 0.1) is 5.82 Å². The Balaban J connectivity index is 2.47. The Labute approximate surface area is 111 Å². The molecular formula is C11H9BrFN3O2. The van der Waals surface area contributed by atoms with Gasteiger partial charge in [0, 0.05) is 13.1 Å². The zero-order valence-corrected chi connectivity index (χ0v) is 11.2. The van der Waals surface area contributed by atoms with Gasteiger partial charge in [0.15, 0.2) is 4.60 Å². The average molecular weight is 314 g/mol. The fourth-order valence-corrected chi connectivity index (χ4v) is 2.01. The molecule has 5 nitrogen and oxygen atoms in total. The maximum absolute atomic E-state index is 13.8. The van der Waals surface area contributed by atoms with Crippen LogP contribution in [0.25, 0.3) is 0 Å². The molecule has 7 heteroatoms. The number of benzene rings is 1. The van der Waals surface area contributed by atoms with Crippen LogP contribution < -0.4 is 4.74 Å². The van der Waals surface area contributed by atoms with Crippen LogP contribution in [0.4, 0.5) is 4.39 Å². The minimum absolute atomic E-state index is 0.0538. The van der Waals surface area contributed by atoms with Gasteiger partial charge in [0.2, 0.25) is 5.78 Å². The van der Waals surface area contributed by atoms with Crippen LogP contribution in [-0.4, -0.2) is 27.9 Å². The van der Waals surface area contributed by atoms with E-state index in [0.717, 1.165) is 6.07 Å². The summed E-state index contributed by atoms with van der Waals surface area (Å²) in [5.41, 5.74) is 0.140. The summed E-state index contributed by atoms with van der Waals surface area (Å²) in [5, 5.41) is 7.37. The SMILES string of the molecule is COc1ccc(C(=O)c2c(Br)nnn2C)c(F)c1. The first-order valence-corrected chi connectivity index (χ1v) is 5.77. The number of ether oxygens (including phenoxy) is 1. The second-order valence-electron chi connectivity index (χ2n) is 3.53. The van der Waals surface area contributed by atoms with E-state index in [1.54, 1.807) is 7.05 Å². The number of hydrogen-bond donors (Lipinski definition) is 0. The summed E-state index contributed by atoms with van der Waals surface area (Å²) in [5.74, 6) is -0.784. The van der Waals surface area contributed by atoms with Gasteiger partial charge >= 0.3 is 0 Å². The van der Waals surface area contributed by atoms with Crippen LogP contribution in [0.3, 0.4) is 0 Å². The zero-order valence-electron chi connectivity index (χ0n) is 9.65. The van der Waals surface area contributed by atoms with E-state index < -0.39 is 11.6 Å². The number of hydrogen-bond acceptors (Lipinski definition) is 4. The molecule has 0 fully saturated rings. The van der Waals surface area contributed by atoms with Crippen LogP contribution >= 0.6 is 15.9 Å². The molecule has 0 saturated carbocycles. The molecule has 0 aliphatic rings. The van der Waals surface area contributed by atoms with Gasteiger partial charge in [0.25, 0.3) is 0 Å². The minimum Gasteiger partial charge on any atom is -0.497 e. The van der Waals surface area contributed by atoms with Gasteiger partial charge in [0.1, 0.15) is 17.3 Å². The van der Waals surface area contributed by atoms with Crippen molar-refractivity contribution in [3.05, 3.63) is 39.9 Å². The van der Waals surface area contributed by atoms with Crippen LogP contribution in [0.15, 0.2) is 22.8 Å². The Bertz CT molecular complexity index is 593. The van der Waals surface area contributed by atoms with Crippen molar-refractivity contribution in [1.82, 2.24) is 15.0 Å². The van der Waals surface area contributed by atoms with Gasteiger partial charge in [-0.05, 0) is 28.1 Å². The molecular weight excluding hydrogens is 305 g/mol. The van der Waals surface area contributed by atoms with Crippen molar-refractivity contribution < 1.29 is 13.9 Å². The molecule has 0 aliphatic heterocycles. The number of nitrogens with zero attached hydrogens (tertiary/aromatic N) is 3. The lowest BCUT2D eigenvalue weighted by Crippen LogP contribution is -2.10. The summed E-state index contributed by atoms with van der Waals surface area (Å²) in [6, 6.07) is 4.05. The van der Waals surface area contributed by atoms with Crippen LogP contribution in [0.5, 0.6) is 5.75 Å². The molecule has 2 aromatic rings. The third-order valence-electron chi connectivity index (χ3n) is 2.42. The van der Waals surface area contributed by atoms with Gasteiger partial charge in [-0.1, -0.05) is 5.21 Å². The molecule has 0 N–H and O–H groups in total. The maximum atomic E-state index is 13.8. The Morgan fingerprint density at radius 1 is 1.50 bits per heavy atom. The van der Waals surface area contributed by atoms with E-state index in [-0.39, 0.29) is 15.9 Å². The number of ketones is 1. The summed E-state index contributed by atoms with van der Waals surface area (Å²) >= 11 is 3.11. The van der Waals surface area contributed by atoms with Gasteiger partial charge in [-0.3, -0.25) is 4.79 Å². The fraction of sp³-hybridized carbons (Fsp3) is 0.182. The van der Waals surface area contributed by atoms with Crippen molar-refractivity contribution in [2.75, 3.05) is 7.11 Å². The molecule has 0 spiro atoms. The number of aryl methyl sites for hydroxylation is 1. The Kier molecular flexibility index (Phi) is 3.42. The maximum Gasteiger partial charge on any atom is 0.216 e. The largest absolute Gasteiger partial charge is 0.497 e. The van der Waals surface area contributed by atoms with Gasteiger partial charge < -0.3 is 4.74 Å². The molecule has 1 heterocycles. The third kappa shape index (κ3) is 2.13. The lowest BCUT2D eigenvalue weighted by atomic mass is 10.1. The van der Waals surface area contributed by atoms with E-state index >= 15 is 0 Å². The van der Waals surface area contributed by atoms with E-state index in [1.807, 2.05) is 0 Å². The molecule has 0 unspecified atom stereocenters. The van der Waals surface area contributed by atoms with E-state index in [4.69, 9.17) is 4.74 Å². The summed E-state index contributed by atoms with van der Waals surface area (Å²) < 4.78 is 20.2. The van der Waals surface area contributed by atoms with Crippen LogP contribution in [-0.2, 0) is 7.05 Å². The molecule has 0 aliphatic carbocycles. The minimum atomic E-state index is -0.646. The van der Waals surface area contributed by atoms with Gasteiger partial charge in [-0.15, -0.1) is 5.10 Å². The van der Waals surface area contributed by atoms with Crippen molar-refractivity contribution in [3.8, 4) is 5.75 Å². The molecule has 0 atom stereocenters. The first-order chi connectivity index (χ1) is 8.54. The fourth-order valence-electron chi connectivity index (χ4n) is 1.51. The van der Waals surface area contributed by atoms with Gasteiger partial charge in [0.05, 0.1) is 12.7 Å². The predicted molar refractivity (Wildman–Crippen MR) is 65.1 cm³/mol. The molecule has 0 amide bonds. The molecule has 18 heavy (non-hydrogen) atoms. The highest BCUT2D eigenvalue weighted by Gasteiger charge is 2.21. The third-order valence-corrected chi connectivity index (χ3v) is 2.96. The second-order valence-corrected chi connectivity index (χ2v) is 4.28. The number of carbonyl (C=O) groups excluding carboxylic acids is 1. The van der Waals surface area contributed by atoms with E-state index in [9.17, 15) is 9.18 Å². The summed E-state index contributed by atoms with van der Waals surface area (Å²) in [4.78, 5) is 12.2. The normalized spacial score (nSPS) is 10.4. The second kappa shape index (κ2) is 4.85. The molecule has 0 saturated heterocycles. The number of carbonyl (C=O) groups is 1. The van der Waals surface area contributed by atoms with Crippen molar-refractivity contribution in [3.63, 3.8) is 0 Å². The summed E-state index contributed by atoms with van der Waals surface area (Å²) in [7, 11) is 2.99. The standard InChI is InChI=1S/C11H9BrFN3O2/c1-16-9(11(12)14-15-16)10(17)7-4-3-6(18-2)5-8(7)13/h3-5H,1-2H3. The lowest BCUT2D eigenvalue weighted by molar-refractivity contribution is 0.102. The quantitative estimate of drug-likeness (QED) is 0.813. The van der Waals surface area contributed by atoms with Crippen LogP contribution in [0.2, 0.25) is 0 Å². The topological polar surface area (TPSA) is 57.0 Å². The molecule has 0 bridgehead atoms. The highest BCUT2D eigenvalue weighted by Crippen LogP contribution is 2.21. The molecule has 0 radical (unpaired) electrons. The molecule has 1 aromatic heterocycles. The Morgan fingerprint density at radius 3 is 2.72 bits per heavy atom. The van der Waals surface area contributed by atoms with E-state index in [0.29, 0.717) is 5.75 Å². The highest BCUT2D eigenvalue weighted by molar-refractivity contribution is 9.10. The first kappa shape index (κ1) is 12.7. The molecule has 1 aromatic carbocycles. The monoisotopic (exact) mass is 313 g/mol.